The lowest BCUT2D eigenvalue weighted by molar-refractivity contribution is 0.0114. The minimum atomic E-state index is -0.525. The molecule has 0 atom stereocenters. The van der Waals surface area contributed by atoms with Gasteiger partial charge in [-0.05, 0) is 77.0 Å². The van der Waals surface area contributed by atoms with Gasteiger partial charge < -0.3 is 14.5 Å². The maximum Gasteiger partial charge on any atom is 0.410 e. The van der Waals surface area contributed by atoms with Crippen molar-refractivity contribution in [3.05, 3.63) is 34.9 Å². The number of ether oxygens (including phenoxy) is 1. The number of carbonyl (C=O) groups is 3. The van der Waals surface area contributed by atoms with Crippen LogP contribution in [0.2, 0.25) is 0 Å². The summed E-state index contributed by atoms with van der Waals surface area (Å²) in [6.07, 6.45) is 4.93. The number of amides is 2. The van der Waals surface area contributed by atoms with Crippen molar-refractivity contribution in [2.75, 3.05) is 26.2 Å². The smallest absolute Gasteiger partial charge is 0.410 e. The van der Waals surface area contributed by atoms with Gasteiger partial charge in [0.15, 0.2) is 5.78 Å². The Bertz CT molecular complexity index is 856. The summed E-state index contributed by atoms with van der Waals surface area (Å²) in [5, 5.41) is 0. The number of fused-ring (bicyclic) bond motifs is 1. The van der Waals surface area contributed by atoms with Gasteiger partial charge in [0, 0.05) is 42.7 Å². The topological polar surface area (TPSA) is 66.9 Å². The number of hydrogen-bond donors (Lipinski definition) is 0. The number of ketones is 1. The summed E-state index contributed by atoms with van der Waals surface area (Å²) in [6.45, 7) is 8.22. The molecule has 0 aromatic heterocycles. The fourth-order valence-electron chi connectivity index (χ4n) is 4.93. The lowest BCUT2D eigenvalue weighted by atomic mass is 9.75. The zero-order chi connectivity index (χ0) is 21.5. The van der Waals surface area contributed by atoms with Gasteiger partial charge in [-0.1, -0.05) is 6.07 Å². The molecule has 2 aliphatic heterocycles. The van der Waals surface area contributed by atoms with Crippen LogP contribution in [-0.4, -0.2) is 59.4 Å². The summed E-state index contributed by atoms with van der Waals surface area (Å²) in [6, 6.07) is 5.64. The van der Waals surface area contributed by atoms with Crippen LogP contribution >= 0.6 is 0 Å². The van der Waals surface area contributed by atoms with Crippen LogP contribution in [0.3, 0.4) is 0 Å². The average molecular weight is 413 g/mol. The van der Waals surface area contributed by atoms with E-state index in [-0.39, 0.29) is 17.8 Å². The minimum absolute atomic E-state index is 0.0333. The monoisotopic (exact) mass is 412 g/mol. The highest BCUT2D eigenvalue weighted by molar-refractivity contribution is 6.07. The Balaban J connectivity index is 1.45. The van der Waals surface area contributed by atoms with Gasteiger partial charge in [0.05, 0.1) is 0 Å². The second kappa shape index (κ2) is 7.71. The first kappa shape index (κ1) is 20.9. The minimum Gasteiger partial charge on any atom is -0.444 e. The van der Waals surface area contributed by atoms with E-state index >= 15 is 0 Å². The molecule has 2 saturated heterocycles. The normalized spacial score (nSPS) is 21.0. The van der Waals surface area contributed by atoms with Crippen LogP contribution < -0.4 is 0 Å². The summed E-state index contributed by atoms with van der Waals surface area (Å²) in [5.74, 6) is 0.167. The standard InChI is InChI=1S/C24H32N2O4/c1-23(2,3)30-22(29)26-13-9-24(10-14-26)16-18-8-7-17(15-19(18)20(24)27)21(28)25-11-5-4-6-12-25/h7-8,15H,4-6,9-14,16H2,1-3H3. The number of carbonyl (C=O) groups excluding carboxylic acids is 3. The van der Waals surface area contributed by atoms with Crippen molar-refractivity contribution in [1.82, 2.24) is 9.80 Å². The van der Waals surface area contributed by atoms with Crippen LogP contribution in [0.4, 0.5) is 4.79 Å². The van der Waals surface area contributed by atoms with E-state index in [1.807, 2.05) is 43.9 Å². The highest BCUT2D eigenvalue weighted by atomic mass is 16.6. The van der Waals surface area contributed by atoms with Gasteiger partial charge in [0.2, 0.25) is 0 Å². The fourth-order valence-corrected chi connectivity index (χ4v) is 4.93. The van der Waals surface area contributed by atoms with Crippen molar-refractivity contribution < 1.29 is 19.1 Å². The number of Topliss-reactive ketones (excluding diaryl/α,β-unsaturated/α-hetero) is 1. The lowest BCUT2D eigenvalue weighted by Gasteiger charge is -2.38. The molecule has 1 aromatic rings. The molecule has 0 saturated carbocycles. The van der Waals surface area contributed by atoms with Crippen LogP contribution in [0.15, 0.2) is 18.2 Å². The number of likely N-dealkylation sites (tertiary alicyclic amines) is 2. The quantitative estimate of drug-likeness (QED) is 0.697. The Morgan fingerprint density at radius 1 is 0.967 bits per heavy atom. The molecule has 0 radical (unpaired) electrons. The summed E-state index contributed by atoms with van der Waals surface area (Å²) in [4.78, 5) is 42.2. The van der Waals surface area contributed by atoms with E-state index < -0.39 is 11.0 Å². The highest BCUT2D eigenvalue weighted by Gasteiger charge is 2.48. The van der Waals surface area contributed by atoms with Crippen molar-refractivity contribution in [1.29, 1.82) is 0 Å². The molecule has 1 aliphatic carbocycles. The first-order valence-electron chi connectivity index (χ1n) is 11.1. The van der Waals surface area contributed by atoms with Crippen molar-refractivity contribution in [2.45, 2.75) is 64.9 Å². The van der Waals surface area contributed by atoms with E-state index in [1.165, 1.54) is 6.42 Å². The van der Waals surface area contributed by atoms with E-state index in [9.17, 15) is 14.4 Å². The van der Waals surface area contributed by atoms with Gasteiger partial charge in [0.25, 0.3) is 5.91 Å². The number of benzene rings is 1. The molecule has 1 aromatic carbocycles. The molecule has 0 unspecified atom stereocenters. The van der Waals surface area contributed by atoms with Gasteiger partial charge in [-0.15, -0.1) is 0 Å². The predicted octanol–water partition coefficient (Wildman–Crippen LogP) is 4.07. The van der Waals surface area contributed by atoms with Crippen LogP contribution in [0.5, 0.6) is 0 Å². The zero-order valence-electron chi connectivity index (χ0n) is 18.3. The second-order valence-corrected chi connectivity index (χ2v) is 9.98. The van der Waals surface area contributed by atoms with Crippen molar-refractivity contribution in [3.63, 3.8) is 0 Å². The fraction of sp³-hybridized carbons (Fsp3) is 0.625. The van der Waals surface area contributed by atoms with E-state index in [0.717, 1.165) is 31.5 Å². The molecule has 0 N–H and O–H groups in total. The molecule has 162 valence electrons. The van der Waals surface area contributed by atoms with Crippen molar-refractivity contribution in [3.8, 4) is 0 Å². The Morgan fingerprint density at radius 3 is 2.27 bits per heavy atom. The molecule has 1 spiro atoms. The van der Waals surface area contributed by atoms with Crippen LogP contribution in [-0.2, 0) is 11.2 Å². The van der Waals surface area contributed by atoms with Gasteiger partial charge in [-0.25, -0.2) is 4.79 Å². The highest BCUT2D eigenvalue weighted by Crippen LogP contribution is 2.45. The Labute approximate surface area is 178 Å². The maximum atomic E-state index is 13.4. The Kier molecular flexibility index (Phi) is 5.37. The van der Waals surface area contributed by atoms with Gasteiger partial charge in [-0.2, -0.15) is 0 Å². The second-order valence-electron chi connectivity index (χ2n) is 9.98. The van der Waals surface area contributed by atoms with E-state index in [2.05, 4.69) is 0 Å². The molecule has 6 nitrogen and oxygen atoms in total. The molecule has 30 heavy (non-hydrogen) atoms. The third-order valence-electron chi connectivity index (χ3n) is 6.63. The molecule has 2 heterocycles. The number of rotatable bonds is 1. The van der Waals surface area contributed by atoms with Gasteiger partial charge in [-0.3, -0.25) is 9.59 Å². The van der Waals surface area contributed by atoms with E-state index in [4.69, 9.17) is 4.74 Å². The third kappa shape index (κ3) is 3.96. The predicted molar refractivity (Wildman–Crippen MR) is 114 cm³/mol. The van der Waals surface area contributed by atoms with Gasteiger partial charge in [0.1, 0.15) is 5.60 Å². The lowest BCUT2D eigenvalue weighted by Crippen LogP contribution is -2.47. The largest absolute Gasteiger partial charge is 0.444 e. The number of nitrogens with zero attached hydrogens (tertiary/aromatic N) is 2. The summed E-state index contributed by atoms with van der Waals surface area (Å²) in [7, 11) is 0. The van der Waals surface area contributed by atoms with Crippen molar-refractivity contribution >= 4 is 17.8 Å². The Hall–Kier alpha value is -2.37. The Morgan fingerprint density at radius 2 is 1.63 bits per heavy atom. The first-order valence-corrected chi connectivity index (χ1v) is 11.1. The van der Waals surface area contributed by atoms with Crippen LogP contribution in [0.25, 0.3) is 0 Å². The average Bonchev–Trinajstić information content (AvgIpc) is 2.98. The first-order chi connectivity index (χ1) is 14.2. The molecule has 2 fully saturated rings. The summed E-state index contributed by atoms with van der Waals surface area (Å²) < 4.78 is 5.48. The molecular weight excluding hydrogens is 380 g/mol. The molecule has 3 aliphatic rings. The summed E-state index contributed by atoms with van der Waals surface area (Å²) in [5.41, 5.74) is 1.37. The maximum absolute atomic E-state index is 13.4. The summed E-state index contributed by atoms with van der Waals surface area (Å²) >= 11 is 0. The molecule has 2 amide bonds. The van der Waals surface area contributed by atoms with Gasteiger partial charge >= 0.3 is 6.09 Å². The molecule has 0 bridgehead atoms. The number of hydrogen-bond acceptors (Lipinski definition) is 4. The van der Waals surface area contributed by atoms with Crippen molar-refractivity contribution in [2.24, 2.45) is 5.41 Å². The number of piperidine rings is 2. The van der Waals surface area contributed by atoms with Crippen LogP contribution in [0.1, 0.15) is 79.2 Å². The van der Waals surface area contributed by atoms with E-state index in [0.29, 0.717) is 43.5 Å². The zero-order valence-corrected chi connectivity index (χ0v) is 18.3. The molecule has 6 heteroatoms. The van der Waals surface area contributed by atoms with E-state index in [1.54, 1.807) is 4.90 Å². The SMILES string of the molecule is CC(C)(C)OC(=O)N1CCC2(CC1)Cc1ccc(C(=O)N3CCCCC3)cc1C2=O. The van der Waals surface area contributed by atoms with Crippen LogP contribution in [0, 0.1) is 5.41 Å². The molecule has 4 rings (SSSR count). The molecular formula is C24H32N2O4. The third-order valence-corrected chi connectivity index (χ3v) is 6.63.